The molecule has 0 spiro atoms. The van der Waals surface area contributed by atoms with Gasteiger partial charge in [0, 0.05) is 38.8 Å². The number of nitriles is 1. The van der Waals surface area contributed by atoms with Crippen LogP contribution < -0.4 is 15.5 Å². The number of guanidine groups is 1. The molecular weight excluding hydrogens is 362 g/mol. The van der Waals surface area contributed by atoms with E-state index in [2.05, 4.69) is 42.4 Å². The smallest absolute Gasteiger partial charge is 0.191 e. The van der Waals surface area contributed by atoms with E-state index < -0.39 is 0 Å². The van der Waals surface area contributed by atoms with E-state index in [1.165, 1.54) is 0 Å². The summed E-state index contributed by atoms with van der Waals surface area (Å²) in [6.07, 6.45) is 4.96. The van der Waals surface area contributed by atoms with Crippen molar-refractivity contribution in [3.63, 3.8) is 0 Å². The summed E-state index contributed by atoms with van der Waals surface area (Å²) in [7, 11) is 0. The maximum atomic E-state index is 9.47. The molecule has 0 radical (unpaired) electrons. The molecule has 0 aromatic heterocycles. The number of aliphatic hydroxyl groups excluding tert-OH is 1. The van der Waals surface area contributed by atoms with Crippen LogP contribution in [0.4, 0.5) is 5.69 Å². The number of hydrogen-bond donors (Lipinski definition) is 3. The van der Waals surface area contributed by atoms with E-state index in [1.807, 2.05) is 24.3 Å². The van der Waals surface area contributed by atoms with Crippen LogP contribution >= 0.6 is 0 Å². The maximum Gasteiger partial charge on any atom is 0.191 e. The first-order chi connectivity index (χ1) is 14.1. The molecule has 1 heterocycles. The van der Waals surface area contributed by atoms with E-state index >= 15 is 0 Å². The molecule has 2 rings (SSSR count). The first kappa shape index (κ1) is 23.0. The number of hydrogen-bond acceptors (Lipinski definition) is 4. The number of nitrogens with one attached hydrogen (secondary N) is 2. The molecule has 1 aromatic carbocycles. The van der Waals surface area contributed by atoms with Crippen LogP contribution in [0.25, 0.3) is 0 Å². The van der Waals surface area contributed by atoms with Crippen LogP contribution in [-0.2, 0) is 0 Å². The molecule has 0 bridgehead atoms. The van der Waals surface area contributed by atoms with Crippen LogP contribution in [-0.4, -0.2) is 49.9 Å². The van der Waals surface area contributed by atoms with E-state index in [-0.39, 0.29) is 18.1 Å². The Labute approximate surface area is 176 Å². The molecule has 1 atom stereocenters. The summed E-state index contributed by atoms with van der Waals surface area (Å²) in [5.41, 5.74) is 1.80. The Kier molecular flexibility index (Phi) is 9.27. The Bertz CT molecular complexity index is 693. The summed E-state index contributed by atoms with van der Waals surface area (Å²) in [6.45, 7) is 9.99. The lowest BCUT2D eigenvalue weighted by Crippen LogP contribution is -2.51. The van der Waals surface area contributed by atoms with Crippen molar-refractivity contribution in [2.45, 2.75) is 58.9 Å². The number of benzene rings is 1. The highest BCUT2D eigenvalue weighted by Gasteiger charge is 2.26. The quantitative estimate of drug-likeness (QED) is 0.438. The fourth-order valence-corrected chi connectivity index (χ4v) is 4.06. The molecule has 160 valence electrons. The molecule has 1 aliphatic heterocycles. The average molecular weight is 400 g/mol. The normalized spacial score (nSPS) is 17.7. The third kappa shape index (κ3) is 6.37. The number of para-hydroxylation sites is 1. The number of aliphatic imine (C=N–C) groups is 1. The number of anilines is 1. The molecule has 1 unspecified atom stereocenters. The third-order valence-electron chi connectivity index (χ3n) is 6.19. The van der Waals surface area contributed by atoms with Gasteiger partial charge in [-0.3, -0.25) is 4.99 Å². The van der Waals surface area contributed by atoms with Crippen molar-refractivity contribution < 1.29 is 5.11 Å². The zero-order chi connectivity index (χ0) is 21.1. The molecule has 0 saturated carbocycles. The standard InChI is InChI=1S/C23H37N5O/c1-4-23(5-2,13-15-29)18-26-22(25-6-3)27-20-11-9-14-28(17-20)21-12-8-7-10-19(21)16-24/h7-8,10,12,20,29H,4-6,9,11,13-15,17-18H2,1-3H3,(H2,25,26,27). The van der Waals surface area contributed by atoms with Crippen molar-refractivity contribution in [1.82, 2.24) is 10.6 Å². The van der Waals surface area contributed by atoms with Crippen LogP contribution in [0.3, 0.4) is 0 Å². The lowest BCUT2D eigenvalue weighted by atomic mass is 9.79. The summed E-state index contributed by atoms with van der Waals surface area (Å²) in [6, 6.07) is 10.4. The van der Waals surface area contributed by atoms with Gasteiger partial charge in [-0.1, -0.05) is 26.0 Å². The van der Waals surface area contributed by atoms with Crippen LogP contribution in [0.1, 0.15) is 58.4 Å². The highest BCUT2D eigenvalue weighted by atomic mass is 16.3. The minimum atomic E-state index is 0.0570. The Balaban J connectivity index is 2.08. The average Bonchev–Trinajstić information content (AvgIpc) is 2.77. The van der Waals surface area contributed by atoms with Crippen LogP contribution in [0.15, 0.2) is 29.3 Å². The maximum absolute atomic E-state index is 9.47. The van der Waals surface area contributed by atoms with Crippen LogP contribution in [0, 0.1) is 16.7 Å². The largest absolute Gasteiger partial charge is 0.396 e. The van der Waals surface area contributed by atoms with Gasteiger partial charge >= 0.3 is 0 Å². The van der Waals surface area contributed by atoms with Crippen LogP contribution in [0.2, 0.25) is 0 Å². The topological polar surface area (TPSA) is 83.7 Å². The molecule has 1 fully saturated rings. The first-order valence-corrected chi connectivity index (χ1v) is 11.0. The fraction of sp³-hybridized carbons (Fsp3) is 0.652. The van der Waals surface area contributed by atoms with E-state index in [4.69, 9.17) is 4.99 Å². The Morgan fingerprint density at radius 2 is 2.07 bits per heavy atom. The molecule has 29 heavy (non-hydrogen) atoms. The van der Waals surface area contributed by atoms with Gasteiger partial charge in [-0.2, -0.15) is 5.26 Å². The van der Waals surface area contributed by atoms with E-state index in [9.17, 15) is 10.4 Å². The summed E-state index contributed by atoms with van der Waals surface area (Å²) in [4.78, 5) is 7.19. The Morgan fingerprint density at radius 3 is 2.72 bits per heavy atom. The molecule has 1 aromatic rings. The van der Waals surface area contributed by atoms with Gasteiger partial charge in [0.1, 0.15) is 6.07 Å². The van der Waals surface area contributed by atoms with Gasteiger partial charge in [0.15, 0.2) is 5.96 Å². The minimum absolute atomic E-state index is 0.0570. The van der Waals surface area contributed by atoms with Crippen molar-refractivity contribution in [1.29, 1.82) is 5.26 Å². The number of rotatable bonds is 9. The van der Waals surface area contributed by atoms with Crippen molar-refractivity contribution in [3.05, 3.63) is 29.8 Å². The molecule has 6 nitrogen and oxygen atoms in total. The SMILES string of the molecule is CCNC(=NCC(CC)(CC)CCO)NC1CCCN(c2ccccc2C#N)C1. The van der Waals surface area contributed by atoms with Gasteiger partial charge in [-0.15, -0.1) is 0 Å². The number of piperidine rings is 1. The van der Waals surface area contributed by atoms with E-state index in [0.29, 0.717) is 6.54 Å². The van der Waals surface area contributed by atoms with Gasteiger partial charge in [0.05, 0.1) is 11.3 Å². The molecule has 3 N–H and O–H groups in total. The first-order valence-electron chi connectivity index (χ1n) is 11.0. The Hall–Kier alpha value is -2.26. The summed E-state index contributed by atoms with van der Waals surface area (Å²) in [5.74, 6) is 0.845. The molecule has 0 aliphatic carbocycles. The minimum Gasteiger partial charge on any atom is -0.396 e. The van der Waals surface area contributed by atoms with E-state index in [1.54, 1.807) is 0 Å². The number of nitrogens with zero attached hydrogens (tertiary/aromatic N) is 3. The van der Waals surface area contributed by atoms with Gasteiger partial charge in [0.25, 0.3) is 0 Å². The lowest BCUT2D eigenvalue weighted by Gasteiger charge is -2.36. The van der Waals surface area contributed by atoms with Crippen LogP contribution in [0.5, 0.6) is 0 Å². The third-order valence-corrected chi connectivity index (χ3v) is 6.19. The predicted octanol–water partition coefficient (Wildman–Crippen LogP) is 3.27. The second kappa shape index (κ2) is 11.7. The van der Waals surface area contributed by atoms with E-state index in [0.717, 1.165) is 68.9 Å². The predicted molar refractivity (Wildman–Crippen MR) is 120 cm³/mol. The zero-order valence-corrected chi connectivity index (χ0v) is 18.2. The van der Waals surface area contributed by atoms with Gasteiger partial charge in [-0.05, 0) is 56.6 Å². The monoisotopic (exact) mass is 399 g/mol. The molecule has 6 heteroatoms. The van der Waals surface area contributed by atoms with Gasteiger partial charge < -0.3 is 20.6 Å². The second-order valence-corrected chi connectivity index (χ2v) is 7.93. The van der Waals surface area contributed by atoms with Gasteiger partial charge in [-0.25, -0.2) is 0 Å². The molecular formula is C23H37N5O. The lowest BCUT2D eigenvalue weighted by molar-refractivity contribution is 0.175. The number of aliphatic hydroxyl groups is 1. The summed E-state index contributed by atoms with van der Waals surface area (Å²) < 4.78 is 0. The fourth-order valence-electron chi connectivity index (χ4n) is 4.06. The van der Waals surface area contributed by atoms with Crippen molar-refractivity contribution in [2.24, 2.45) is 10.4 Å². The summed E-state index contributed by atoms with van der Waals surface area (Å²) >= 11 is 0. The zero-order valence-electron chi connectivity index (χ0n) is 18.2. The molecule has 1 saturated heterocycles. The second-order valence-electron chi connectivity index (χ2n) is 7.93. The van der Waals surface area contributed by atoms with Crippen molar-refractivity contribution >= 4 is 11.6 Å². The molecule has 1 aliphatic rings. The molecule has 0 amide bonds. The highest BCUT2D eigenvalue weighted by molar-refractivity contribution is 5.80. The van der Waals surface area contributed by atoms with Gasteiger partial charge in [0.2, 0.25) is 0 Å². The Morgan fingerprint density at radius 1 is 1.31 bits per heavy atom. The summed E-state index contributed by atoms with van der Waals surface area (Å²) in [5, 5.41) is 25.9. The highest BCUT2D eigenvalue weighted by Crippen LogP contribution is 2.30. The van der Waals surface area contributed by atoms with Crippen molar-refractivity contribution in [3.8, 4) is 6.07 Å². The van der Waals surface area contributed by atoms with Crippen molar-refractivity contribution in [2.75, 3.05) is 37.7 Å².